The van der Waals surface area contributed by atoms with E-state index in [1.807, 2.05) is 13.0 Å². The van der Waals surface area contributed by atoms with Gasteiger partial charge in [-0.1, -0.05) is 26.8 Å². The van der Waals surface area contributed by atoms with Gasteiger partial charge in [0.1, 0.15) is 5.75 Å². The van der Waals surface area contributed by atoms with E-state index in [2.05, 4.69) is 68.0 Å². The van der Waals surface area contributed by atoms with Gasteiger partial charge in [0, 0.05) is 12.1 Å². The van der Waals surface area contributed by atoms with Crippen LogP contribution in [0.15, 0.2) is 22.7 Å². The molecule has 0 unspecified atom stereocenters. The molecule has 2 nitrogen and oxygen atoms in total. The van der Waals surface area contributed by atoms with Gasteiger partial charge >= 0.3 is 0 Å². The highest BCUT2D eigenvalue weighted by Gasteiger charge is 2.24. The van der Waals surface area contributed by atoms with Crippen LogP contribution >= 0.6 is 15.9 Å². The van der Waals surface area contributed by atoms with Gasteiger partial charge in [0.15, 0.2) is 0 Å². The second-order valence-corrected chi connectivity index (χ2v) is 8.03. The summed E-state index contributed by atoms with van der Waals surface area (Å²) >= 11 is 3.56. The molecule has 0 atom stereocenters. The lowest BCUT2D eigenvalue weighted by molar-refractivity contribution is 0.240. The Hall–Kier alpha value is -0.540. The van der Waals surface area contributed by atoms with Gasteiger partial charge in [-0.05, 0) is 66.2 Å². The lowest BCUT2D eigenvalue weighted by atomic mass is 9.82. The number of halogens is 1. The Bertz CT molecular complexity index is 435. The van der Waals surface area contributed by atoms with E-state index in [9.17, 15) is 0 Å². The molecule has 1 rings (SSSR count). The first-order valence-electron chi connectivity index (χ1n) is 7.29. The van der Waals surface area contributed by atoms with E-state index in [4.69, 9.17) is 4.74 Å². The van der Waals surface area contributed by atoms with E-state index in [1.54, 1.807) is 0 Å². The van der Waals surface area contributed by atoms with Crippen LogP contribution in [0.2, 0.25) is 0 Å². The summed E-state index contributed by atoms with van der Waals surface area (Å²) in [5.41, 5.74) is 1.72. The molecule has 114 valence electrons. The van der Waals surface area contributed by atoms with Crippen molar-refractivity contribution in [3.8, 4) is 5.75 Å². The highest BCUT2D eigenvalue weighted by atomic mass is 79.9. The number of ether oxygens (including phenoxy) is 1. The molecule has 0 aliphatic heterocycles. The maximum Gasteiger partial charge on any atom is 0.133 e. The van der Waals surface area contributed by atoms with Crippen molar-refractivity contribution >= 4 is 15.9 Å². The Labute approximate surface area is 132 Å². The van der Waals surface area contributed by atoms with Crippen LogP contribution < -0.4 is 10.1 Å². The monoisotopic (exact) mass is 341 g/mol. The number of hydrogen-bond acceptors (Lipinski definition) is 2. The first-order valence-corrected chi connectivity index (χ1v) is 8.08. The third kappa shape index (κ3) is 6.27. The van der Waals surface area contributed by atoms with E-state index < -0.39 is 0 Å². The zero-order valence-corrected chi connectivity index (χ0v) is 15.2. The predicted molar refractivity (Wildman–Crippen MR) is 90.3 cm³/mol. The van der Waals surface area contributed by atoms with Crippen LogP contribution in [-0.2, 0) is 6.54 Å². The molecule has 0 heterocycles. The predicted octanol–water partition coefficient (Wildman–Crippen LogP) is 5.15. The fraction of sp³-hybridized carbons (Fsp3) is 0.647. The molecule has 0 saturated heterocycles. The van der Waals surface area contributed by atoms with Crippen LogP contribution in [0, 0.1) is 5.41 Å². The molecule has 1 aromatic rings. The van der Waals surface area contributed by atoms with Crippen LogP contribution in [0.25, 0.3) is 0 Å². The molecular weight excluding hydrogens is 314 g/mol. The highest BCUT2D eigenvalue weighted by Crippen LogP contribution is 2.28. The van der Waals surface area contributed by atoms with Gasteiger partial charge in [0.2, 0.25) is 0 Å². The second kappa shape index (κ2) is 6.95. The third-order valence-electron chi connectivity index (χ3n) is 3.04. The van der Waals surface area contributed by atoms with Crippen LogP contribution in [0.5, 0.6) is 5.75 Å². The number of nitrogens with one attached hydrogen (secondary N) is 1. The maximum absolute atomic E-state index is 5.54. The molecule has 0 aliphatic rings. The molecule has 0 radical (unpaired) electrons. The van der Waals surface area contributed by atoms with Crippen LogP contribution in [-0.4, -0.2) is 12.1 Å². The Kier molecular flexibility index (Phi) is 6.08. The van der Waals surface area contributed by atoms with E-state index in [-0.39, 0.29) is 5.54 Å². The van der Waals surface area contributed by atoms with Gasteiger partial charge in [-0.25, -0.2) is 0 Å². The van der Waals surface area contributed by atoms with Crippen molar-refractivity contribution in [2.45, 2.75) is 60.0 Å². The maximum atomic E-state index is 5.54. The van der Waals surface area contributed by atoms with Crippen LogP contribution in [0.3, 0.4) is 0 Å². The van der Waals surface area contributed by atoms with Crippen molar-refractivity contribution in [1.29, 1.82) is 0 Å². The zero-order valence-electron chi connectivity index (χ0n) is 13.6. The molecule has 0 amide bonds. The standard InChI is InChI=1S/C17H28BrNO/c1-7-20-15-9-8-13(10-14(15)18)11-19-17(5,6)12-16(2,3)4/h8-10,19H,7,11-12H2,1-6H3. The Balaban J connectivity index is 2.63. The molecule has 0 bridgehead atoms. The summed E-state index contributed by atoms with van der Waals surface area (Å²) in [6, 6.07) is 6.28. The van der Waals surface area contributed by atoms with Crippen molar-refractivity contribution < 1.29 is 4.74 Å². The first-order chi connectivity index (χ1) is 9.13. The van der Waals surface area contributed by atoms with Crippen molar-refractivity contribution in [3.05, 3.63) is 28.2 Å². The molecule has 0 fully saturated rings. The molecule has 1 aromatic carbocycles. The molecule has 0 saturated carbocycles. The van der Waals surface area contributed by atoms with Crippen LogP contribution in [0.1, 0.15) is 53.5 Å². The Morgan fingerprint density at radius 3 is 2.30 bits per heavy atom. The summed E-state index contributed by atoms with van der Waals surface area (Å²) in [5.74, 6) is 0.908. The van der Waals surface area contributed by atoms with Gasteiger partial charge in [0.05, 0.1) is 11.1 Å². The fourth-order valence-electron chi connectivity index (χ4n) is 2.66. The molecule has 20 heavy (non-hydrogen) atoms. The normalized spacial score (nSPS) is 12.6. The summed E-state index contributed by atoms with van der Waals surface area (Å²) in [7, 11) is 0. The van der Waals surface area contributed by atoms with Crippen molar-refractivity contribution in [2.24, 2.45) is 5.41 Å². The summed E-state index contributed by atoms with van der Waals surface area (Å²) in [6.45, 7) is 14.9. The molecular formula is C17H28BrNO. The second-order valence-electron chi connectivity index (χ2n) is 7.17. The minimum Gasteiger partial charge on any atom is -0.493 e. The number of rotatable bonds is 6. The van der Waals surface area contributed by atoms with E-state index in [0.29, 0.717) is 12.0 Å². The van der Waals surface area contributed by atoms with E-state index in [1.165, 1.54) is 5.56 Å². The van der Waals surface area contributed by atoms with Gasteiger partial charge in [-0.2, -0.15) is 0 Å². The van der Waals surface area contributed by atoms with Gasteiger partial charge in [0.25, 0.3) is 0 Å². The molecule has 3 heteroatoms. The Morgan fingerprint density at radius 1 is 1.15 bits per heavy atom. The van der Waals surface area contributed by atoms with Gasteiger partial charge < -0.3 is 10.1 Å². The number of hydrogen-bond donors (Lipinski definition) is 1. The lowest BCUT2D eigenvalue weighted by Gasteiger charge is -2.33. The Morgan fingerprint density at radius 2 is 1.80 bits per heavy atom. The van der Waals surface area contributed by atoms with Crippen molar-refractivity contribution in [1.82, 2.24) is 5.32 Å². The average molecular weight is 342 g/mol. The zero-order chi connectivity index (χ0) is 15.4. The highest BCUT2D eigenvalue weighted by molar-refractivity contribution is 9.10. The smallest absolute Gasteiger partial charge is 0.133 e. The number of benzene rings is 1. The first kappa shape index (κ1) is 17.5. The molecule has 0 aliphatic carbocycles. The molecule has 1 N–H and O–H groups in total. The summed E-state index contributed by atoms with van der Waals surface area (Å²) in [6.07, 6.45) is 1.14. The minimum atomic E-state index is 0.128. The van der Waals surface area contributed by atoms with E-state index in [0.717, 1.165) is 23.2 Å². The van der Waals surface area contributed by atoms with Gasteiger partial charge in [-0.3, -0.25) is 0 Å². The topological polar surface area (TPSA) is 21.3 Å². The largest absolute Gasteiger partial charge is 0.493 e. The molecule has 0 spiro atoms. The fourth-order valence-corrected chi connectivity index (χ4v) is 3.20. The van der Waals surface area contributed by atoms with E-state index >= 15 is 0 Å². The van der Waals surface area contributed by atoms with Crippen molar-refractivity contribution in [2.75, 3.05) is 6.61 Å². The summed E-state index contributed by atoms with van der Waals surface area (Å²) < 4.78 is 6.56. The lowest BCUT2D eigenvalue weighted by Crippen LogP contribution is -2.41. The SMILES string of the molecule is CCOc1ccc(CNC(C)(C)CC(C)(C)C)cc1Br. The average Bonchev–Trinajstić information content (AvgIpc) is 2.27. The van der Waals surface area contributed by atoms with Crippen LogP contribution in [0.4, 0.5) is 0 Å². The summed E-state index contributed by atoms with van der Waals surface area (Å²) in [5, 5.41) is 3.65. The quantitative estimate of drug-likeness (QED) is 0.772. The molecule has 0 aromatic heterocycles. The van der Waals surface area contributed by atoms with Gasteiger partial charge in [-0.15, -0.1) is 0 Å². The van der Waals surface area contributed by atoms with Crippen molar-refractivity contribution in [3.63, 3.8) is 0 Å². The third-order valence-corrected chi connectivity index (χ3v) is 3.66. The minimum absolute atomic E-state index is 0.128. The summed E-state index contributed by atoms with van der Waals surface area (Å²) in [4.78, 5) is 0.